The number of aromatic nitrogens is 2. The molecular weight excluding hydrogens is 316 g/mol. The van der Waals surface area contributed by atoms with Crippen molar-refractivity contribution < 1.29 is 4.74 Å². The van der Waals surface area contributed by atoms with Crippen LogP contribution in [0.5, 0.6) is 11.6 Å². The van der Waals surface area contributed by atoms with Crippen LogP contribution in [0.25, 0.3) is 0 Å². The molecule has 0 amide bonds. The van der Waals surface area contributed by atoms with E-state index in [-0.39, 0.29) is 0 Å². The van der Waals surface area contributed by atoms with E-state index in [1.807, 2.05) is 18.2 Å². The van der Waals surface area contributed by atoms with Gasteiger partial charge in [-0.1, -0.05) is 41.4 Å². The number of rotatable bonds is 3. The molecule has 0 saturated heterocycles. The Kier molecular flexibility index (Phi) is 4.19. The van der Waals surface area contributed by atoms with Gasteiger partial charge < -0.3 is 4.74 Å². The molecule has 5 heteroatoms. The third kappa shape index (κ3) is 3.21. The number of benzene rings is 1. The second kappa shape index (κ2) is 5.67. The van der Waals surface area contributed by atoms with Crippen molar-refractivity contribution in [3.63, 3.8) is 0 Å². The second-order valence-corrected chi connectivity index (χ2v) is 5.44. The topological polar surface area (TPSA) is 35.0 Å². The molecule has 0 aliphatic heterocycles. The second-order valence-electron chi connectivity index (χ2n) is 4.13. The maximum atomic E-state index is 5.73. The normalized spacial score (nSPS) is 10.7. The van der Waals surface area contributed by atoms with Crippen molar-refractivity contribution >= 4 is 27.5 Å². The Morgan fingerprint density at radius 1 is 1.17 bits per heavy atom. The summed E-state index contributed by atoms with van der Waals surface area (Å²) in [5.74, 6) is 1.58. The van der Waals surface area contributed by atoms with Gasteiger partial charge in [-0.15, -0.1) is 10.2 Å². The molecule has 0 saturated carbocycles. The first kappa shape index (κ1) is 13.3. The summed E-state index contributed by atoms with van der Waals surface area (Å²) in [6.07, 6.45) is 0. The predicted molar refractivity (Wildman–Crippen MR) is 75.3 cm³/mol. The van der Waals surface area contributed by atoms with Crippen LogP contribution < -0.4 is 4.74 Å². The molecule has 3 nitrogen and oxygen atoms in total. The molecule has 2 aromatic rings. The van der Waals surface area contributed by atoms with Crippen LogP contribution in [0.1, 0.15) is 25.3 Å². The van der Waals surface area contributed by atoms with E-state index >= 15 is 0 Å². The summed E-state index contributed by atoms with van der Waals surface area (Å²) in [5.41, 5.74) is 1.11. The molecule has 0 radical (unpaired) electrons. The van der Waals surface area contributed by atoms with Crippen LogP contribution in [-0.2, 0) is 0 Å². The van der Waals surface area contributed by atoms with Gasteiger partial charge in [-0.3, -0.25) is 0 Å². The highest BCUT2D eigenvalue weighted by molar-refractivity contribution is 9.10. The van der Waals surface area contributed by atoms with Gasteiger partial charge in [-0.2, -0.15) is 0 Å². The average Bonchev–Trinajstić information content (AvgIpc) is 2.34. The van der Waals surface area contributed by atoms with Crippen molar-refractivity contribution in [2.24, 2.45) is 0 Å². The van der Waals surface area contributed by atoms with Crippen molar-refractivity contribution in [3.05, 3.63) is 45.5 Å². The van der Waals surface area contributed by atoms with E-state index in [4.69, 9.17) is 16.3 Å². The Hall–Kier alpha value is -1.13. The van der Waals surface area contributed by atoms with Crippen molar-refractivity contribution in [2.75, 3.05) is 0 Å². The van der Waals surface area contributed by atoms with Crippen molar-refractivity contribution in [2.45, 2.75) is 19.8 Å². The van der Waals surface area contributed by atoms with Crippen molar-refractivity contribution in [1.29, 1.82) is 0 Å². The van der Waals surface area contributed by atoms with Crippen molar-refractivity contribution in [3.8, 4) is 11.6 Å². The lowest BCUT2D eigenvalue weighted by atomic mass is 10.0. The van der Waals surface area contributed by atoms with Gasteiger partial charge in [-0.05, 0) is 35.7 Å². The van der Waals surface area contributed by atoms with E-state index < -0.39 is 0 Å². The largest absolute Gasteiger partial charge is 0.437 e. The molecule has 0 aliphatic rings. The van der Waals surface area contributed by atoms with E-state index in [0.717, 1.165) is 15.8 Å². The fourth-order valence-electron chi connectivity index (χ4n) is 1.53. The number of halogens is 2. The highest BCUT2D eigenvalue weighted by Gasteiger charge is 2.10. The molecule has 0 N–H and O–H groups in total. The molecule has 94 valence electrons. The van der Waals surface area contributed by atoms with E-state index in [2.05, 4.69) is 40.0 Å². The molecular formula is C13H12BrClN2O. The van der Waals surface area contributed by atoms with E-state index in [0.29, 0.717) is 17.0 Å². The summed E-state index contributed by atoms with van der Waals surface area (Å²) >= 11 is 9.14. The molecule has 2 rings (SSSR count). The molecule has 0 spiro atoms. The molecule has 1 aromatic heterocycles. The van der Waals surface area contributed by atoms with Gasteiger partial charge in [0.15, 0.2) is 5.15 Å². The van der Waals surface area contributed by atoms with Crippen molar-refractivity contribution in [1.82, 2.24) is 10.2 Å². The molecule has 0 fully saturated rings. The first-order valence-corrected chi connectivity index (χ1v) is 6.70. The van der Waals surface area contributed by atoms with Gasteiger partial charge in [0.1, 0.15) is 5.75 Å². The number of hydrogen-bond acceptors (Lipinski definition) is 3. The minimum Gasteiger partial charge on any atom is -0.437 e. The van der Waals surface area contributed by atoms with Crippen LogP contribution in [0.15, 0.2) is 34.8 Å². The number of ether oxygens (including phenoxy) is 1. The molecule has 1 aromatic carbocycles. The highest BCUT2D eigenvalue weighted by atomic mass is 79.9. The Balaban J connectivity index is 2.31. The standard InChI is InChI=1S/C13H12BrClN2O/c1-8(2)10-7-9(14)3-4-11(10)18-13-6-5-12(15)16-17-13/h3-8H,1-2H3. The van der Waals surface area contributed by atoms with E-state index in [1.165, 1.54) is 0 Å². The van der Waals surface area contributed by atoms with Crippen LogP contribution in [0.4, 0.5) is 0 Å². The molecule has 1 heterocycles. The smallest absolute Gasteiger partial charge is 0.238 e. The SMILES string of the molecule is CC(C)c1cc(Br)ccc1Oc1ccc(Cl)nn1. The Bertz CT molecular complexity index is 543. The van der Waals surface area contributed by atoms with Crippen LogP contribution in [0, 0.1) is 0 Å². The maximum Gasteiger partial charge on any atom is 0.238 e. The Labute approximate surface area is 119 Å². The monoisotopic (exact) mass is 326 g/mol. The third-order valence-corrected chi connectivity index (χ3v) is 3.11. The van der Waals surface area contributed by atoms with E-state index in [1.54, 1.807) is 12.1 Å². The summed E-state index contributed by atoms with van der Waals surface area (Å²) in [7, 11) is 0. The third-order valence-electron chi connectivity index (χ3n) is 2.42. The highest BCUT2D eigenvalue weighted by Crippen LogP contribution is 2.32. The van der Waals surface area contributed by atoms with Gasteiger partial charge >= 0.3 is 0 Å². The zero-order chi connectivity index (χ0) is 13.1. The fraction of sp³-hybridized carbons (Fsp3) is 0.231. The Morgan fingerprint density at radius 3 is 2.56 bits per heavy atom. The molecule has 18 heavy (non-hydrogen) atoms. The molecule has 0 bridgehead atoms. The first-order chi connectivity index (χ1) is 8.56. The van der Waals surface area contributed by atoms with Gasteiger partial charge in [0, 0.05) is 10.5 Å². The summed E-state index contributed by atoms with van der Waals surface area (Å²) in [4.78, 5) is 0. The maximum absolute atomic E-state index is 5.73. The van der Waals surface area contributed by atoms with E-state index in [9.17, 15) is 0 Å². The quantitative estimate of drug-likeness (QED) is 0.811. The Morgan fingerprint density at radius 2 is 1.94 bits per heavy atom. The van der Waals surface area contributed by atoms with Gasteiger partial charge in [0.05, 0.1) is 0 Å². The zero-order valence-corrected chi connectivity index (χ0v) is 12.4. The first-order valence-electron chi connectivity index (χ1n) is 5.53. The fourth-order valence-corrected chi connectivity index (χ4v) is 2.01. The summed E-state index contributed by atoms with van der Waals surface area (Å²) in [5, 5.41) is 7.98. The molecule has 0 aliphatic carbocycles. The lowest BCUT2D eigenvalue weighted by Gasteiger charge is -2.13. The van der Waals surface area contributed by atoms with Gasteiger partial charge in [0.25, 0.3) is 0 Å². The van der Waals surface area contributed by atoms with Crippen LogP contribution in [-0.4, -0.2) is 10.2 Å². The molecule has 0 atom stereocenters. The number of hydrogen-bond donors (Lipinski definition) is 0. The minimum absolute atomic E-state index is 0.349. The zero-order valence-electron chi connectivity index (χ0n) is 10.0. The van der Waals surface area contributed by atoms with Gasteiger partial charge in [0.2, 0.25) is 5.88 Å². The molecule has 0 unspecified atom stereocenters. The number of nitrogens with zero attached hydrogens (tertiary/aromatic N) is 2. The van der Waals surface area contributed by atoms with Crippen LogP contribution in [0.3, 0.4) is 0 Å². The summed E-state index contributed by atoms with van der Waals surface area (Å²) in [6, 6.07) is 9.24. The van der Waals surface area contributed by atoms with Crippen LogP contribution >= 0.6 is 27.5 Å². The predicted octanol–water partition coefficient (Wildman–Crippen LogP) is 4.81. The lowest BCUT2D eigenvalue weighted by Crippen LogP contribution is -1.96. The summed E-state index contributed by atoms with van der Waals surface area (Å²) in [6.45, 7) is 4.23. The minimum atomic E-state index is 0.349. The average molecular weight is 328 g/mol. The van der Waals surface area contributed by atoms with Gasteiger partial charge in [-0.25, -0.2) is 0 Å². The lowest BCUT2D eigenvalue weighted by molar-refractivity contribution is 0.447. The summed E-state index contributed by atoms with van der Waals surface area (Å²) < 4.78 is 6.76. The van der Waals surface area contributed by atoms with Crippen LogP contribution in [0.2, 0.25) is 5.15 Å².